The minimum atomic E-state index is -0.364. The van der Waals surface area contributed by atoms with Gasteiger partial charge in [-0.1, -0.05) is 0 Å². The molecule has 7 heteroatoms. The number of nitrogens with zero attached hydrogens (tertiary/aromatic N) is 5. The molecule has 2 fully saturated rings. The second-order valence-electron chi connectivity index (χ2n) is 6.84. The summed E-state index contributed by atoms with van der Waals surface area (Å²) in [5.41, 5.74) is 0.930. The Hall–Kier alpha value is -2.28. The summed E-state index contributed by atoms with van der Waals surface area (Å²) in [6.07, 6.45) is 6.37. The number of nitrogens with one attached hydrogen (secondary N) is 1. The van der Waals surface area contributed by atoms with Gasteiger partial charge in [-0.15, -0.1) is 5.10 Å². The molecule has 4 atom stereocenters. The van der Waals surface area contributed by atoms with Gasteiger partial charge in [-0.2, -0.15) is 5.10 Å². The summed E-state index contributed by atoms with van der Waals surface area (Å²) in [5, 5.41) is 22.3. The van der Waals surface area contributed by atoms with Crippen LogP contribution < -0.4 is 10.2 Å². The van der Waals surface area contributed by atoms with Crippen molar-refractivity contribution in [2.24, 2.45) is 11.8 Å². The van der Waals surface area contributed by atoms with Crippen molar-refractivity contribution in [2.45, 2.75) is 31.9 Å². The average molecular weight is 326 g/mol. The van der Waals surface area contributed by atoms with Gasteiger partial charge >= 0.3 is 0 Å². The summed E-state index contributed by atoms with van der Waals surface area (Å²) >= 11 is 0. The molecule has 2 N–H and O–H groups in total. The van der Waals surface area contributed by atoms with Gasteiger partial charge in [0.05, 0.1) is 24.0 Å². The summed E-state index contributed by atoms with van der Waals surface area (Å²) in [7, 11) is 0. The van der Waals surface area contributed by atoms with E-state index in [9.17, 15) is 5.11 Å². The van der Waals surface area contributed by atoms with Gasteiger partial charge in [0.15, 0.2) is 5.82 Å². The fourth-order valence-corrected chi connectivity index (χ4v) is 3.90. The highest BCUT2D eigenvalue weighted by Gasteiger charge is 2.42. The topological polar surface area (TPSA) is 87.1 Å². The molecule has 4 rings (SSSR count). The monoisotopic (exact) mass is 326 g/mol. The van der Waals surface area contributed by atoms with Crippen LogP contribution in [-0.4, -0.2) is 50.5 Å². The van der Waals surface area contributed by atoms with Crippen LogP contribution in [0, 0.1) is 18.8 Å². The molecule has 3 heterocycles. The van der Waals surface area contributed by atoms with Crippen LogP contribution in [0.25, 0.3) is 0 Å². The molecule has 1 saturated heterocycles. The Bertz CT molecular complexity index is 679. The molecule has 0 amide bonds. The van der Waals surface area contributed by atoms with Crippen LogP contribution in [0.3, 0.4) is 0 Å². The van der Waals surface area contributed by atoms with E-state index in [-0.39, 0.29) is 12.1 Å². The number of anilines is 2. The van der Waals surface area contributed by atoms with Gasteiger partial charge < -0.3 is 15.3 Å². The van der Waals surface area contributed by atoms with Crippen LogP contribution in [0.5, 0.6) is 0 Å². The predicted octanol–water partition coefficient (Wildman–Crippen LogP) is 1.26. The summed E-state index contributed by atoms with van der Waals surface area (Å²) in [5.74, 6) is 2.70. The Kier molecular flexibility index (Phi) is 4.02. The van der Waals surface area contributed by atoms with Crippen LogP contribution in [-0.2, 0) is 0 Å². The van der Waals surface area contributed by atoms with E-state index in [2.05, 4.69) is 30.4 Å². The molecule has 1 aliphatic heterocycles. The first-order valence-corrected chi connectivity index (χ1v) is 8.45. The highest BCUT2D eigenvalue weighted by Crippen LogP contribution is 2.38. The van der Waals surface area contributed by atoms with Crippen LogP contribution >= 0.6 is 0 Å². The molecule has 0 aromatic carbocycles. The Balaban J connectivity index is 1.44. The number of aliphatic hydroxyl groups is 1. The SMILES string of the molecule is Cc1ccc(N2C[C@H]3C[C@@H](Nc4cnccn4)[C@H](O)C[C@H]3C2)nn1. The van der Waals surface area contributed by atoms with Gasteiger partial charge in [0.2, 0.25) is 0 Å². The number of aryl methyl sites for hydroxylation is 1. The summed E-state index contributed by atoms with van der Waals surface area (Å²) in [4.78, 5) is 10.6. The lowest BCUT2D eigenvalue weighted by atomic mass is 9.77. The normalized spacial score (nSPS) is 29.3. The highest BCUT2D eigenvalue weighted by atomic mass is 16.3. The van der Waals surface area contributed by atoms with Crippen LogP contribution in [0.15, 0.2) is 30.7 Å². The van der Waals surface area contributed by atoms with E-state index in [1.807, 2.05) is 19.1 Å². The number of fused-ring (bicyclic) bond motifs is 1. The lowest BCUT2D eigenvalue weighted by Crippen LogP contribution is -2.43. The van der Waals surface area contributed by atoms with Crippen molar-refractivity contribution in [3.05, 3.63) is 36.4 Å². The third-order valence-electron chi connectivity index (χ3n) is 5.15. The smallest absolute Gasteiger partial charge is 0.151 e. The molecule has 2 aliphatic rings. The Morgan fingerprint density at radius 2 is 1.96 bits per heavy atom. The molecule has 0 spiro atoms. The van der Waals surface area contributed by atoms with Crippen molar-refractivity contribution in [1.29, 1.82) is 0 Å². The molecule has 24 heavy (non-hydrogen) atoms. The third kappa shape index (κ3) is 3.03. The van der Waals surface area contributed by atoms with Crippen molar-refractivity contribution in [2.75, 3.05) is 23.3 Å². The van der Waals surface area contributed by atoms with E-state index in [0.717, 1.165) is 43.3 Å². The lowest BCUT2D eigenvalue weighted by Gasteiger charge is -2.35. The second kappa shape index (κ2) is 6.32. The van der Waals surface area contributed by atoms with Gasteiger partial charge in [0.25, 0.3) is 0 Å². The highest BCUT2D eigenvalue weighted by molar-refractivity contribution is 5.40. The largest absolute Gasteiger partial charge is 0.391 e. The van der Waals surface area contributed by atoms with E-state index in [1.165, 1.54) is 0 Å². The molecule has 2 aromatic heterocycles. The number of hydrogen-bond donors (Lipinski definition) is 2. The third-order valence-corrected chi connectivity index (χ3v) is 5.15. The number of aliphatic hydroxyl groups excluding tert-OH is 1. The van der Waals surface area contributed by atoms with Gasteiger partial charge in [-0.05, 0) is 43.7 Å². The van der Waals surface area contributed by atoms with Gasteiger partial charge in [-0.25, -0.2) is 4.98 Å². The summed E-state index contributed by atoms with van der Waals surface area (Å²) < 4.78 is 0. The Morgan fingerprint density at radius 1 is 1.12 bits per heavy atom. The summed E-state index contributed by atoms with van der Waals surface area (Å²) in [6.45, 7) is 3.85. The molecule has 1 aliphatic carbocycles. The molecule has 7 nitrogen and oxygen atoms in total. The van der Waals surface area contributed by atoms with E-state index < -0.39 is 0 Å². The zero-order valence-corrected chi connectivity index (χ0v) is 13.7. The van der Waals surface area contributed by atoms with E-state index in [4.69, 9.17) is 0 Å². The summed E-state index contributed by atoms with van der Waals surface area (Å²) in [6, 6.07) is 4.05. The molecule has 1 saturated carbocycles. The minimum Gasteiger partial charge on any atom is -0.391 e. The van der Waals surface area contributed by atoms with Gasteiger partial charge in [0, 0.05) is 25.5 Å². The molecular weight excluding hydrogens is 304 g/mol. The fraction of sp³-hybridized carbons (Fsp3) is 0.529. The van der Waals surface area contributed by atoms with Gasteiger partial charge in [-0.3, -0.25) is 4.98 Å². The van der Waals surface area contributed by atoms with Crippen molar-refractivity contribution < 1.29 is 5.11 Å². The second-order valence-corrected chi connectivity index (χ2v) is 6.84. The van der Waals surface area contributed by atoms with E-state index >= 15 is 0 Å². The van der Waals surface area contributed by atoms with Crippen molar-refractivity contribution >= 4 is 11.6 Å². The van der Waals surface area contributed by atoms with Crippen molar-refractivity contribution in [1.82, 2.24) is 20.2 Å². The average Bonchev–Trinajstić information content (AvgIpc) is 2.99. The Labute approximate surface area is 141 Å². The van der Waals surface area contributed by atoms with Crippen molar-refractivity contribution in [3.8, 4) is 0 Å². The van der Waals surface area contributed by atoms with E-state index in [1.54, 1.807) is 18.6 Å². The van der Waals surface area contributed by atoms with Gasteiger partial charge in [0.1, 0.15) is 5.82 Å². The molecule has 0 bridgehead atoms. The maximum absolute atomic E-state index is 10.5. The first-order chi connectivity index (χ1) is 11.7. The minimum absolute atomic E-state index is 0.0204. The number of aromatic nitrogens is 4. The molecule has 0 radical (unpaired) electrons. The molecule has 0 unspecified atom stereocenters. The van der Waals surface area contributed by atoms with Crippen LogP contribution in [0.2, 0.25) is 0 Å². The lowest BCUT2D eigenvalue weighted by molar-refractivity contribution is 0.0737. The fourth-order valence-electron chi connectivity index (χ4n) is 3.90. The van der Waals surface area contributed by atoms with E-state index in [0.29, 0.717) is 11.8 Å². The molecule has 126 valence electrons. The maximum atomic E-state index is 10.5. The first-order valence-electron chi connectivity index (χ1n) is 8.45. The van der Waals surface area contributed by atoms with Crippen molar-refractivity contribution in [3.63, 3.8) is 0 Å². The quantitative estimate of drug-likeness (QED) is 0.878. The Morgan fingerprint density at radius 3 is 2.67 bits per heavy atom. The predicted molar refractivity (Wildman–Crippen MR) is 90.6 cm³/mol. The molecule has 2 aromatic rings. The first kappa shape index (κ1) is 15.3. The van der Waals surface area contributed by atoms with Crippen LogP contribution in [0.4, 0.5) is 11.6 Å². The van der Waals surface area contributed by atoms with Crippen LogP contribution in [0.1, 0.15) is 18.5 Å². The standard InChI is InChI=1S/C17H22N6O/c1-11-2-3-17(22-21-11)23-9-12-6-14(15(24)7-13(12)10-23)20-16-8-18-4-5-19-16/h2-5,8,12-15,24H,6-7,9-10H2,1H3,(H,19,20)/t12-,13+,14-,15-/m1/s1. The zero-order valence-electron chi connectivity index (χ0n) is 13.7. The maximum Gasteiger partial charge on any atom is 0.151 e. The number of hydrogen-bond acceptors (Lipinski definition) is 7. The number of rotatable bonds is 3. The zero-order chi connectivity index (χ0) is 16.5. The molecular formula is C17H22N6O.